The van der Waals surface area contributed by atoms with E-state index >= 15 is 0 Å². The van der Waals surface area contributed by atoms with Crippen molar-refractivity contribution in [1.82, 2.24) is 4.90 Å². The number of carbonyl (C=O) groups is 3. The van der Waals surface area contributed by atoms with Gasteiger partial charge in [0.15, 0.2) is 0 Å². The molecule has 0 atom stereocenters. The largest absolute Gasteiger partial charge is 0.481 e. The minimum absolute atomic E-state index is 0.0341. The van der Waals surface area contributed by atoms with Crippen LogP contribution in [0.25, 0.3) is 0 Å². The molecule has 130 valence electrons. The van der Waals surface area contributed by atoms with Gasteiger partial charge in [-0.15, -0.1) is 11.8 Å². The zero-order valence-corrected chi connectivity index (χ0v) is 14.3. The quantitative estimate of drug-likeness (QED) is 0.823. The maximum absolute atomic E-state index is 12.5. The van der Waals surface area contributed by atoms with Gasteiger partial charge in [0, 0.05) is 24.3 Å². The highest BCUT2D eigenvalue weighted by Crippen LogP contribution is 2.16. The zero-order valence-electron chi connectivity index (χ0n) is 13.5. The van der Waals surface area contributed by atoms with Gasteiger partial charge in [0.2, 0.25) is 5.91 Å². The number of anilines is 1. The number of hydrogen-bond acceptors (Lipinski definition) is 4. The molecule has 6 nitrogen and oxygen atoms in total. The highest BCUT2D eigenvalue weighted by Gasteiger charge is 2.17. The number of hydrogen-bond donors (Lipinski definition) is 2. The number of nitrogens with zero attached hydrogens (tertiary/aromatic N) is 1. The van der Waals surface area contributed by atoms with E-state index in [0.717, 1.165) is 37.7 Å². The van der Waals surface area contributed by atoms with E-state index in [4.69, 9.17) is 5.11 Å². The summed E-state index contributed by atoms with van der Waals surface area (Å²) in [4.78, 5) is 36.5. The van der Waals surface area contributed by atoms with Crippen LogP contribution >= 0.6 is 11.8 Å². The van der Waals surface area contributed by atoms with Crippen LogP contribution < -0.4 is 5.32 Å². The monoisotopic (exact) mass is 350 g/mol. The van der Waals surface area contributed by atoms with E-state index in [9.17, 15) is 14.4 Å². The second kappa shape index (κ2) is 9.32. The Morgan fingerprint density at radius 1 is 1.00 bits per heavy atom. The zero-order chi connectivity index (χ0) is 17.4. The first kappa shape index (κ1) is 18.3. The highest BCUT2D eigenvalue weighted by atomic mass is 32.2. The molecule has 0 spiro atoms. The fraction of sp³-hybridized carbons (Fsp3) is 0.471. The highest BCUT2D eigenvalue weighted by molar-refractivity contribution is 8.00. The minimum Gasteiger partial charge on any atom is -0.481 e. The summed E-state index contributed by atoms with van der Waals surface area (Å²) < 4.78 is 0. The summed E-state index contributed by atoms with van der Waals surface area (Å²) in [7, 11) is 0. The van der Waals surface area contributed by atoms with Gasteiger partial charge in [-0.05, 0) is 37.1 Å². The number of nitrogens with one attached hydrogen (secondary N) is 1. The van der Waals surface area contributed by atoms with Gasteiger partial charge in [-0.25, -0.2) is 0 Å². The molecule has 0 bridgehead atoms. The van der Waals surface area contributed by atoms with Crippen LogP contribution in [0, 0.1) is 0 Å². The van der Waals surface area contributed by atoms with Crippen LogP contribution in [0.3, 0.4) is 0 Å². The average molecular weight is 350 g/mol. The fourth-order valence-corrected chi connectivity index (χ4v) is 3.11. The van der Waals surface area contributed by atoms with Crippen molar-refractivity contribution in [1.29, 1.82) is 0 Å². The molecule has 1 aliphatic rings. The van der Waals surface area contributed by atoms with Gasteiger partial charge >= 0.3 is 5.97 Å². The van der Waals surface area contributed by atoms with Gasteiger partial charge in [0.25, 0.3) is 5.91 Å². The number of benzene rings is 1. The number of likely N-dealkylation sites (tertiary alicyclic amines) is 1. The molecule has 1 fully saturated rings. The topological polar surface area (TPSA) is 86.7 Å². The molecular formula is C17H22N2O4S. The molecule has 0 unspecified atom stereocenters. The number of thioether (sulfide) groups is 1. The Morgan fingerprint density at radius 2 is 1.62 bits per heavy atom. The standard InChI is InChI=1S/C17H22N2O4S/c20-15(11-24-12-16(21)22)18-14-7-5-13(6-8-14)17(23)19-9-3-1-2-4-10-19/h5-8H,1-4,9-12H2,(H,18,20)(H,21,22). The van der Waals surface area contributed by atoms with Crippen LogP contribution in [-0.4, -0.2) is 52.4 Å². The Hall–Kier alpha value is -2.02. The molecule has 24 heavy (non-hydrogen) atoms. The van der Waals surface area contributed by atoms with Crippen LogP contribution in [-0.2, 0) is 9.59 Å². The Bertz CT molecular complexity index is 581. The van der Waals surface area contributed by atoms with Crippen molar-refractivity contribution in [3.8, 4) is 0 Å². The lowest BCUT2D eigenvalue weighted by Crippen LogP contribution is -2.31. The summed E-state index contributed by atoms with van der Waals surface area (Å²) in [5.41, 5.74) is 1.22. The molecule has 0 aliphatic carbocycles. The Balaban J connectivity index is 1.86. The first-order valence-corrected chi connectivity index (χ1v) is 9.20. The molecule has 2 N–H and O–H groups in total. The van der Waals surface area contributed by atoms with E-state index in [0.29, 0.717) is 11.3 Å². The third-order valence-electron chi connectivity index (χ3n) is 3.77. The molecular weight excluding hydrogens is 328 g/mol. The maximum atomic E-state index is 12.5. The summed E-state index contributed by atoms with van der Waals surface area (Å²) in [6.45, 7) is 1.61. The summed E-state index contributed by atoms with van der Waals surface area (Å²) in [6, 6.07) is 6.83. The third-order valence-corrected chi connectivity index (χ3v) is 4.68. The fourth-order valence-electron chi connectivity index (χ4n) is 2.58. The molecule has 2 amide bonds. The molecule has 1 aliphatic heterocycles. The van der Waals surface area contributed by atoms with E-state index in [1.165, 1.54) is 12.8 Å². The summed E-state index contributed by atoms with van der Waals surface area (Å²) >= 11 is 1.05. The van der Waals surface area contributed by atoms with Crippen LogP contribution in [0.5, 0.6) is 0 Å². The predicted octanol–water partition coefficient (Wildman–Crippen LogP) is 2.46. The third kappa shape index (κ3) is 5.88. The van der Waals surface area contributed by atoms with E-state index in [-0.39, 0.29) is 23.3 Å². The molecule has 1 heterocycles. The molecule has 0 aromatic heterocycles. The number of amides is 2. The van der Waals surface area contributed by atoms with Gasteiger partial charge in [0.1, 0.15) is 0 Å². The first-order valence-electron chi connectivity index (χ1n) is 8.05. The minimum atomic E-state index is -0.941. The normalized spacial score (nSPS) is 14.8. The lowest BCUT2D eigenvalue weighted by molar-refractivity contribution is -0.133. The van der Waals surface area contributed by atoms with Gasteiger partial charge in [0.05, 0.1) is 11.5 Å². The van der Waals surface area contributed by atoms with Crippen molar-refractivity contribution in [3.63, 3.8) is 0 Å². The summed E-state index contributed by atoms with van der Waals surface area (Å²) in [5.74, 6) is -1.18. The number of rotatable bonds is 6. The lowest BCUT2D eigenvalue weighted by Gasteiger charge is -2.20. The molecule has 0 radical (unpaired) electrons. The van der Waals surface area contributed by atoms with Gasteiger partial charge in [-0.3, -0.25) is 14.4 Å². The van der Waals surface area contributed by atoms with E-state index in [2.05, 4.69) is 5.32 Å². The second-order valence-electron chi connectivity index (χ2n) is 5.72. The average Bonchev–Trinajstić information content (AvgIpc) is 2.84. The lowest BCUT2D eigenvalue weighted by atomic mass is 10.1. The van der Waals surface area contributed by atoms with Crippen LogP contribution in [0.2, 0.25) is 0 Å². The van der Waals surface area contributed by atoms with E-state index in [1.54, 1.807) is 24.3 Å². The number of aliphatic carboxylic acids is 1. The predicted molar refractivity (Wildman–Crippen MR) is 94.4 cm³/mol. The molecule has 0 saturated carbocycles. The van der Waals surface area contributed by atoms with Crippen LogP contribution in [0.4, 0.5) is 5.69 Å². The summed E-state index contributed by atoms with van der Waals surface area (Å²) in [6.07, 6.45) is 4.45. The Morgan fingerprint density at radius 3 is 2.21 bits per heavy atom. The Labute approximate surface area is 145 Å². The Kier molecular flexibility index (Phi) is 7.11. The first-order chi connectivity index (χ1) is 11.6. The molecule has 1 aromatic carbocycles. The number of carboxylic acids is 1. The smallest absolute Gasteiger partial charge is 0.313 e. The van der Waals surface area contributed by atoms with Crippen molar-refractivity contribution in [3.05, 3.63) is 29.8 Å². The molecule has 1 aromatic rings. The van der Waals surface area contributed by atoms with E-state index in [1.807, 2.05) is 4.90 Å². The van der Waals surface area contributed by atoms with Crippen molar-refractivity contribution < 1.29 is 19.5 Å². The van der Waals surface area contributed by atoms with Crippen molar-refractivity contribution >= 4 is 35.2 Å². The maximum Gasteiger partial charge on any atom is 0.313 e. The van der Waals surface area contributed by atoms with E-state index < -0.39 is 5.97 Å². The molecule has 2 rings (SSSR count). The SMILES string of the molecule is O=C(O)CSCC(=O)Nc1ccc(C(=O)N2CCCCCC2)cc1. The van der Waals surface area contributed by atoms with Gasteiger partial charge in [-0.1, -0.05) is 12.8 Å². The van der Waals surface area contributed by atoms with Crippen molar-refractivity contribution in [2.75, 3.05) is 29.9 Å². The number of carbonyl (C=O) groups excluding carboxylic acids is 2. The van der Waals surface area contributed by atoms with Crippen molar-refractivity contribution in [2.24, 2.45) is 0 Å². The van der Waals surface area contributed by atoms with Crippen LogP contribution in [0.15, 0.2) is 24.3 Å². The second-order valence-corrected chi connectivity index (χ2v) is 6.70. The molecule has 1 saturated heterocycles. The molecule has 7 heteroatoms. The van der Waals surface area contributed by atoms with Gasteiger partial charge < -0.3 is 15.3 Å². The van der Waals surface area contributed by atoms with Gasteiger partial charge in [-0.2, -0.15) is 0 Å². The van der Waals surface area contributed by atoms with Crippen LogP contribution in [0.1, 0.15) is 36.0 Å². The van der Waals surface area contributed by atoms with Crippen molar-refractivity contribution in [2.45, 2.75) is 25.7 Å². The summed E-state index contributed by atoms with van der Waals surface area (Å²) in [5, 5.41) is 11.2. The number of carboxylic acid groups (broad SMARTS) is 1.